The van der Waals surface area contributed by atoms with Crippen molar-refractivity contribution in [2.45, 2.75) is 39.5 Å². The Morgan fingerprint density at radius 2 is 1.69 bits per heavy atom. The van der Waals surface area contributed by atoms with Gasteiger partial charge in [0.25, 0.3) is 0 Å². The zero-order valence-electron chi connectivity index (χ0n) is 15.6. The summed E-state index contributed by atoms with van der Waals surface area (Å²) in [6.45, 7) is 4.36. The van der Waals surface area contributed by atoms with Crippen molar-refractivity contribution in [3.8, 4) is 17.2 Å². The summed E-state index contributed by atoms with van der Waals surface area (Å²) in [7, 11) is 0. The van der Waals surface area contributed by atoms with Gasteiger partial charge in [0.05, 0.1) is 11.6 Å². The van der Waals surface area contributed by atoms with Gasteiger partial charge in [0.2, 0.25) is 0 Å². The maximum Gasteiger partial charge on any atom is 0.0998 e. The summed E-state index contributed by atoms with van der Waals surface area (Å²) in [5.74, 6) is 0. The van der Waals surface area contributed by atoms with Crippen LogP contribution in [0.25, 0.3) is 11.1 Å². The first kappa shape index (κ1) is 18.0. The van der Waals surface area contributed by atoms with Crippen LogP contribution in [-0.2, 0) is 19.3 Å². The molecular weight excluding hydrogens is 314 g/mol. The molecular formula is C25H25N. The van der Waals surface area contributed by atoms with Crippen LogP contribution >= 0.6 is 0 Å². The van der Waals surface area contributed by atoms with Gasteiger partial charge < -0.3 is 0 Å². The van der Waals surface area contributed by atoms with Crippen LogP contribution in [0, 0.1) is 18.3 Å². The van der Waals surface area contributed by atoms with Crippen molar-refractivity contribution in [1.29, 1.82) is 5.26 Å². The number of nitriles is 1. The van der Waals surface area contributed by atoms with E-state index in [0.717, 1.165) is 42.4 Å². The fourth-order valence-corrected chi connectivity index (χ4v) is 3.55. The molecule has 1 heteroatoms. The Hall–Kier alpha value is -2.85. The molecule has 0 atom stereocenters. The van der Waals surface area contributed by atoms with Crippen LogP contribution in [0.2, 0.25) is 0 Å². The first-order chi connectivity index (χ1) is 12.7. The van der Waals surface area contributed by atoms with Crippen molar-refractivity contribution >= 4 is 0 Å². The molecule has 0 N–H and O–H groups in total. The molecule has 0 saturated heterocycles. The van der Waals surface area contributed by atoms with Gasteiger partial charge in [-0.15, -0.1) is 0 Å². The molecule has 3 aromatic carbocycles. The molecule has 0 heterocycles. The molecule has 26 heavy (non-hydrogen) atoms. The topological polar surface area (TPSA) is 23.8 Å². The second-order valence-electron chi connectivity index (χ2n) is 6.84. The van der Waals surface area contributed by atoms with E-state index < -0.39 is 0 Å². The van der Waals surface area contributed by atoms with Crippen molar-refractivity contribution in [1.82, 2.24) is 0 Å². The van der Waals surface area contributed by atoms with E-state index in [1.807, 2.05) is 24.3 Å². The molecule has 0 saturated carbocycles. The van der Waals surface area contributed by atoms with Crippen molar-refractivity contribution in [2.75, 3.05) is 0 Å². The average Bonchev–Trinajstić information content (AvgIpc) is 2.68. The highest BCUT2D eigenvalue weighted by Gasteiger charge is 2.08. The fraction of sp³-hybridized carbons (Fsp3) is 0.240. The minimum absolute atomic E-state index is 0.738. The van der Waals surface area contributed by atoms with E-state index in [1.165, 1.54) is 22.3 Å². The van der Waals surface area contributed by atoms with Crippen LogP contribution in [0.3, 0.4) is 0 Å². The third-order valence-corrected chi connectivity index (χ3v) is 4.94. The van der Waals surface area contributed by atoms with E-state index >= 15 is 0 Å². The molecule has 0 aromatic heterocycles. The summed E-state index contributed by atoms with van der Waals surface area (Å²) >= 11 is 0. The maximum atomic E-state index is 9.39. The first-order valence-electron chi connectivity index (χ1n) is 9.38. The zero-order valence-corrected chi connectivity index (χ0v) is 15.6. The Labute approximate surface area is 156 Å². The molecule has 0 aliphatic carbocycles. The largest absolute Gasteiger partial charge is 0.192 e. The van der Waals surface area contributed by atoms with Crippen LogP contribution < -0.4 is 0 Å². The molecule has 0 aliphatic heterocycles. The lowest BCUT2D eigenvalue weighted by molar-refractivity contribution is 0.810. The van der Waals surface area contributed by atoms with Crippen LogP contribution in [0.4, 0.5) is 0 Å². The van der Waals surface area contributed by atoms with Gasteiger partial charge in [-0.2, -0.15) is 5.26 Å². The second kappa shape index (κ2) is 8.50. The highest BCUT2D eigenvalue weighted by Crippen LogP contribution is 2.27. The van der Waals surface area contributed by atoms with Gasteiger partial charge in [0, 0.05) is 0 Å². The molecule has 3 rings (SSSR count). The van der Waals surface area contributed by atoms with E-state index in [9.17, 15) is 5.26 Å². The lowest BCUT2D eigenvalue weighted by atomic mass is 9.92. The standard InChI is InChI=1S/C25H25N/c1-3-21-14-15-23(25-13-5-4-11-24(25)18-26)17-22(21)12-7-10-20-9-6-8-19(2)16-20/h4-6,8-9,11,13-17H,3,7,10,12H2,1-2H3. The number of aryl methyl sites for hydroxylation is 4. The number of benzene rings is 3. The smallest absolute Gasteiger partial charge is 0.0998 e. The number of hydrogen-bond acceptors (Lipinski definition) is 1. The summed E-state index contributed by atoms with van der Waals surface area (Å²) in [5.41, 5.74) is 8.46. The molecule has 0 bridgehead atoms. The van der Waals surface area contributed by atoms with Gasteiger partial charge in [-0.05, 0) is 66.5 Å². The van der Waals surface area contributed by atoms with Crippen molar-refractivity contribution in [2.24, 2.45) is 0 Å². The highest BCUT2D eigenvalue weighted by atomic mass is 14.2. The van der Waals surface area contributed by atoms with Crippen LogP contribution in [0.1, 0.15) is 41.2 Å². The Balaban J connectivity index is 1.81. The fourth-order valence-electron chi connectivity index (χ4n) is 3.55. The summed E-state index contributed by atoms with van der Waals surface area (Å²) in [6, 6.07) is 25.6. The normalized spacial score (nSPS) is 10.5. The lowest BCUT2D eigenvalue weighted by Gasteiger charge is -2.12. The SMILES string of the molecule is CCc1ccc(-c2ccccc2C#N)cc1CCCc1cccc(C)c1. The minimum atomic E-state index is 0.738. The Morgan fingerprint density at radius 3 is 2.46 bits per heavy atom. The first-order valence-corrected chi connectivity index (χ1v) is 9.38. The van der Waals surface area contributed by atoms with E-state index in [2.05, 4.69) is 62.4 Å². The number of hydrogen-bond donors (Lipinski definition) is 0. The molecule has 0 fully saturated rings. The minimum Gasteiger partial charge on any atom is -0.192 e. The number of nitrogens with zero attached hydrogens (tertiary/aromatic N) is 1. The summed E-state index contributed by atoms with van der Waals surface area (Å²) < 4.78 is 0. The van der Waals surface area contributed by atoms with Gasteiger partial charge in [-0.1, -0.05) is 73.2 Å². The van der Waals surface area contributed by atoms with E-state index in [1.54, 1.807) is 0 Å². The van der Waals surface area contributed by atoms with E-state index in [4.69, 9.17) is 0 Å². The van der Waals surface area contributed by atoms with Gasteiger partial charge in [-0.25, -0.2) is 0 Å². The van der Waals surface area contributed by atoms with Crippen molar-refractivity contribution in [3.05, 3.63) is 94.5 Å². The molecule has 1 nitrogen and oxygen atoms in total. The second-order valence-corrected chi connectivity index (χ2v) is 6.84. The van der Waals surface area contributed by atoms with E-state index in [0.29, 0.717) is 0 Å². The van der Waals surface area contributed by atoms with Gasteiger partial charge in [0.1, 0.15) is 0 Å². The Morgan fingerprint density at radius 1 is 0.846 bits per heavy atom. The maximum absolute atomic E-state index is 9.39. The monoisotopic (exact) mass is 339 g/mol. The van der Waals surface area contributed by atoms with Crippen molar-refractivity contribution in [3.63, 3.8) is 0 Å². The van der Waals surface area contributed by atoms with Gasteiger partial charge in [-0.3, -0.25) is 0 Å². The molecule has 130 valence electrons. The predicted octanol–water partition coefficient (Wildman–Crippen LogP) is 6.27. The van der Waals surface area contributed by atoms with Crippen LogP contribution in [0.5, 0.6) is 0 Å². The third kappa shape index (κ3) is 4.21. The highest BCUT2D eigenvalue weighted by molar-refractivity contribution is 5.71. The summed E-state index contributed by atoms with van der Waals surface area (Å²) in [5, 5.41) is 9.39. The zero-order chi connectivity index (χ0) is 18.4. The van der Waals surface area contributed by atoms with Crippen LogP contribution in [0.15, 0.2) is 66.7 Å². The Bertz CT molecular complexity index is 931. The molecule has 0 spiro atoms. The molecule has 0 amide bonds. The molecule has 0 radical (unpaired) electrons. The van der Waals surface area contributed by atoms with Crippen molar-refractivity contribution < 1.29 is 0 Å². The average molecular weight is 339 g/mol. The lowest BCUT2D eigenvalue weighted by Crippen LogP contribution is -1.97. The van der Waals surface area contributed by atoms with Gasteiger partial charge >= 0.3 is 0 Å². The predicted molar refractivity (Wildman–Crippen MR) is 109 cm³/mol. The van der Waals surface area contributed by atoms with Gasteiger partial charge in [0.15, 0.2) is 0 Å². The molecule has 0 unspecified atom stereocenters. The summed E-state index contributed by atoms with van der Waals surface area (Å²) in [4.78, 5) is 0. The number of rotatable bonds is 6. The molecule has 3 aromatic rings. The van der Waals surface area contributed by atoms with Crippen LogP contribution in [-0.4, -0.2) is 0 Å². The van der Waals surface area contributed by atoms with E-state index in [-0.39, 0.29) is 0 Å². The Kier molecular flexibility index (Phi) is 5.87. The molecule has 0 aliphatic rings. The summed E-state index contributed by atoms with van der Waals surface area (Å²) in [6.07, 6.45) is 4.35. The quantitative estimate of drug-likeness (QED) is 0.519. The third-order valence-electron chi connectivity index (χ3n) is 4.94.